The highest BCUT2D eigenvalue weighted by molar-refractivity contribution is 7.12. The number of hydrogen-bond acceptors (Lipinski definition) is 3. The second-order valence-corrected chi connectivity index (χ2v) is 5.73. The third kappa shape index (κ3) is 3.73. The zero-order valence-corrected chi connectivity index (χ0v) is 11.7. The van der Waals surface area contributed by atoms with E-state index in [1.807, 2.05) is 26.8 Å². The lowest BCUT2D eigenvalue weighted by atomic mass is 10.1. The van der Waals surface area contributed by atoms with E-state index in [4.69, 9.17) is 5.11 Å². The van der Waals surface area contributed by atoms with E-state index in [1.165, 1.54) is 11.8 Å². The van der Waals surface area contributed by atoms with Crippen LogP contribution in [0.5, 0.6) is 0 Å². The summed E-state index contributed by atoms with van der Waals surface area (Å²) in [6.07, 6.45) is 0. The molecular weight excluding hydrogens is 252 g/mol. The second kappa shape index (κ2) is 5.86. The quantitative estimate of drug-likeness (QED) is 0.784. The zero-order valence-electron chi connectivity index (χ0n) is 10.9. The Balaban J connectivity index is 2.60. The fourth-order valence-corrected chi connectivity index (χ4v) is 2.68. The van der Waals surface area contributed by atoms with E-state index >= 15 is 0 Å². The van der Waals surface area contributed by atoms with Crippen molar-refractivity contribution in [3.63, 3.8) is 0 Å². The van der Waals surface area contributed by atoms with Crippen LogP contribution in [-0.2, 0) is 4.79 Å². The Morgan fingerprint density at radius 2 is 1.89 bits per heavy atom. The van der Waals surface area contributed by atoms with Crippen LogP contribution < -0.4 is 10.6 Å². The molecule has 18 heavy (non-hydrogen) atoms. The van der Waals surface area contributed by atoms with Gasteiger partial charge in [0.15, 0.2) is 0 Å². The summed E-state index contributed by atoms with van der Waals surface area (Å²) in [4.78, 5) is 24.5. The SMILES string of the molecule is Cc1cc(C(C)NC(=O)NC(C)C(=O)O)c(C)s1. The smallest absolute Gasteiger partial charge is 0.325 e. The predicted octanol–water partition coefficient (Wildman–Crippen LogP) is 2.20. The first-order valence-corrected chi connectivity index (χ1v) is 6.49. The van der Waals surface area contributed by atoms with Gasteiger partial charge in [0, 0.05) is 9.75 Å². The first-order chi connectivity index (χ1) is 8.31. The number of carbonyl (C=O) groups is 2. The molecule has 0 aliphatic rings. The highest BCUT2D eigenvalue weighted by Crippen LogP contribution is 2.25. The average Bonchev–Trinajstić information content (AvgIpc) is 2.57. The van der Waals surface area contributed by atoms with E-state index in [1.54, 1.807) is 11.3 Å². The standard InChI is InChI=1S/C12H18N2O3S/c1-6-5-10(9(4)18-6)7(2)13-12(17)14-8(3)11(15)16/h5,7-8H,1-4H3,(H,15,16)(H2,13,14,17). The summed E-state index contributed by atoms with van der Waals surface area (Å²) in [6.45, 7) is 7.31. The first kappa shape index (κ1) is 14.5. The molecule has 2 amide bonds. The van der Waals surface area contributed by atoms with E-state index in [9.17, 15) is 9.59 Å². The second-order valence-electron chi connectivity index (χ2n) is 4.27. The van der Waals surface area contributed by atoms with Crippen LogP contribution >= 0.6 is 11.3 Å². The van der Waals surface area contributed by atoms with Crippen molar-refractivity contribution < 1.29 is 14.7 Å². The lowest BCUT2D eigenvalue weighted by Gasteiger charge is -2.16. The Hall–Kier alpha value is -1.56. The van der Waals surface area contributed by atoms with Gasteiger partial charge in [-0.05, 0) is 39.3 Å². The van der Waals surface area contributed by atoms with Crippen LogP contribution in [0.25, 0.3) is 0 Å². The fraction of sp³-hybridized carbons (Fsp3) is 0.500. The molecule has 0 spiro atoms. The summed E-state index contributed by atoms with van der Waals surface area (Å²) in [5.74, 6) is -1.06. The Kier molecular flexibility index (Phi) is 4.72. The minimum Gasteiger partial charge on any atom is -0.480 e. The maximum absolute atomic E-state index is 11.6. The molecule has 0 saturated heterocycles. The number of rotatable bonds is 4. The summed E-state index contributed by atoms with van der Waals surface area (Å²) < 4.78 is 0. The summed E-state index contributed by atoms with van der Waals surface area (Å²) in [5.41, 5.74) is 1.07. The number of urea groups is 1. The number of carbonyl (C=O) groups excluding carboxylic acids is 1. The largest absolute Gasteiger partial charge is 0.480 e. The third-order valence-corrected chi connectivity index (χ3v) is 3.59. The van der Waals surface area contributed by atoms with Crippen molar-refractivity contribution in [2.24, 2.45) is 0 Å². The van der Waals surface area contributed by atoms with Crippen LogP contribution in [0, 0.1) is 13.8 Å². The molecule has 3 N–H and O–H groups in total. The van der Waals surface area contributed by atoms with Crippen LogP contribution in [0.15, 0.2) is 6.07 Å². The van der Waals surface area contributed by atoms with Crippen molar-refractivity contribution in [2.45, 2.75) is 39.8 Å². The number of aliphatic carboxylic acids is 1. The molecule has 5 nitrogen and oxygen atoms in total. The minimum absolute atomic E-state index is 0.143. The molecule has 1 aromatic heterocycles. The van der Waals surface area contributed by atoms with Crippen molar-refractivity contribution in [1.29, 1.82) is 0 Å². The van der Waals surface area contributed by atoms with Gasteiger partial charge in [-0.25, -0.2) is 4.79 Å². The van der Waals surface area contributed by atoms with Gasteiger partial charge in [0.25, 0.3) is 0 Å². The molecule has 0 aliphatic heterocycles. The number of amides is 2. The van der Waals surface area contributed by atoms with E-state index in [2.05, 4.69) is 10.6 Å². The van der Waals surface area contributed by atoms with Crippen molar-refractivity contribution in [3.05, 3.63) is 21.4 Å². The highest BCUT2D eigenvalue weighted by atomic mass is 32.1. The Morgan fingerprint density at radius 3 is 2.33 bits per heavy atom. The summed E-state index contributed by atoms with van der Waals surface area (Å²) in [5, 5.41) is 13.8. The summed E-state index contributed by atoms with van der Waals surface area (Å²) in [7, 11) is 0. The maximum atomic E-state index is 11.6. The molecule has 0 radical (unpaired) electrons. The Bertz CT molecular complexity index is 456. The topological polar surface area (TPSA) is 78.4 Å². The van der Waals surface area contributed by atoms with Gasteiger partial charge in [-0.1, -0.05) is 0 Å². The molecule has 0 saturated carbocycles. The molecule has 1 rings (SSSR count). The number of carboxylic acid groups (broad SMARTS) is 1. The van der Waals surface area contributed by atoms with Gasteiger partial charge in [0.1, 0.15) is 6.04 Å². The number of carboxylic acids is 1. The van der Waals surface area contributed by atoms with E-state index in [-0.39, 0.29) is 6.04 Å². The molecule has 6 heteroatoms. The van der Waals surface area contributed by atoms with E-state index < -0.39 is 18.0 Å². The van der Waals surface area contributed by atoms with Crippen LogP contribution in [0.2, 0.25) is 0 Å². The first-order valence-electron chi connectivity index (χ1n) is 5.68. The van der Waals surface area contributed by atoms with Gasteiger partial charge in [0.05, 0.1) is 6.04 Å². The zero-order chi connectivity index (χ0) is 13.9. The molecule has 0 fully saturated rings. The summed E-state index contributed by atoms with van der Waals surface area (Å²) >= 11 is 1.68. The van der Waals surface area contributed by atoms with Crippen molar-refractivity contribution >= 4 is 23.3 Å². The molecule has 100 valence electrons. The van der Waals surface area contributed by atoms with E-state index in [0.29, 0.717) is 0 Å². The number of hydrogen-bond donors (Lipinski definition) is 3. The van der Waals surface area contributed by atoms with Crippen LogP contribution in [0.4, 0.5) is 4.79 Å². The third-order valence-electron chi connectivity index (χ3n) is 2.61. The highest BCUT2D eigenvalue weighted by Gasteiger charge is 2.17. The molecular formula is C12H18N2O3S. The fourth-order valence-electron chi connectivity index (χ4n) is 1.65. The lowest BCUT2D eigenvalue weighted by molar-refractivity contribution is -0.138. The molecule has 0 aliphatic carbocycles. The summed E-state index contributed by atoms with van der Waals surface area (Å²) in [6, 6.07) is 0.519. The molecule has 2 unspecified atom stereocenters. The van der Waals surface area contributed by atoms with Crippen molar-refractivity contribution in [1.82, 2.24) is 10.6 Å². The van der Waals surface area contributed by atoms with Gasteiger partial charge < -0.3 is 15.7 Å². The van der Waals surface area contributed by atoms with Crippen molar-refractivity contribution in [3.8, 4) is 0 Å². The number of aryl methyl sites for hydroxylation is 2. The van der Waals surface area contributed by atoms with Gasteiger partial charge in [0.2, 0.25) is 0 Å². The minimum atomic E-state index is -1.06. The average molecular weight is 270 g/mol. The molecule has 0 bridgehead atoms. The van der Waals surface area contributed by atoms with Gasteiger partial charge >= 0.3 is 12.0 Å². The monoisotopic (exact) mass is 270 g/mol. The lowest BCUT2D eigenvalue weighted by Crippen LogP contribution is -2.45. The van der Waals surface area contributed by atoms with Crippen LogP contribution in [-0.4, -0.2) is 23.1 Å². The van der Waals surface area contributed by atoms with Crippen molar-refractivity contribution in [2.75, 3.05) is 0 Å². The van der Waals surface area contributed by atoms with Gasteiger partial charge in [-0.15, -0.1) is 11.3 Å². The van der Waals surface area contributed by atoms with Crippen LogP contribution in [0.1, 0.15) is 35.2 Å². The Labute approximate surface area is 110 Å². The van der Waals surface area contributed by atoms with E-state index in [0.717, 1.165) is 10.4 Å². The van der Waals surface area contributed by atoms with Gasteiger partial charge in [-0.3, -0.25) is 4.79 Å². The molecule has 1 aromatic rings. The molecule has 2 atom stereocenters. The van der Waals surface area contributed by atoms with Gasteiger partial charge in [-0.2, -0.15) is 0 Å². The predicted molar refractivity (Wildman–Crippen MR) is 71.0 cm³/mol. The number of nitrogens with one attached hydrogen (secondary N) is 2. The Morgan fingerprint density at radius 1 is 1.28 bits per heavy atom. The van der Waals surface area contributed by atoms with Crippen LogP contribution in [0.3, 0.4) is 0 Å². The molecule has 0 aromatic carbocycles. The normalized spacial score (nSPS) is 13.8. The maximum Gasteiger partial charge on any atom is 0.325 e. The molecule has 1 heterocycles. The number of thiophene rings is 1.